The van der Waals surface area contributed by atoms with E-state index in [1.54, 1.807) is 0 Å². The summed E-state index contributed by atoms with van der Waals surface area (Å²) in [5, 5.41) is 0. The zero-order valence-electron chi connectivity index (χ0n) is 9.98. The Hall–Kier alpha value is -0.120. The molecule has 0 bridgehead atoms. The van der Waals surface area contributed by atoms with Crippen molar-refractivity contribution in [2.45, 2.75) is 38.3 Å². The van der Waals surface area contributed by atoms with E-state index < -0.39 is 0 Å². The Morgan fingerprint density at radius 2 is 2.13 bits per heavy atom. The van der Waals surface area contributed by atoms with Gasteiger partial charge in [-0.15, -0.1) is 0 Å². The highest BCUT2D eigenvalue weighted by atomic mass is 16.5. The van der Waals surface area contributed by atoms with E-state index in [1.807, 2.05) is 7.11 Å². The number of hydrogen-bond donors (Lipinski definition) is 1. The first kappa shape index (κ1) is 11.4. The van der Waals surface area contributed by atoms with E-state index in [2.05, 4.69) is 11.8 Å². The third kappa shape index (κ3) is 2.71. The largest absolute Gasteiger partial charge is 0.383 e. The molecule has 0 aromatic rings. The van der Waals surface area contributed by atoms with Gasteiger partial charge in [0.2, 0.25) is 0 Å². The van der Waals surface area contributed by atoms with Crippen LogP contribution in [0.2, 0.25) is 0 Å². The Morgan fingerprint density at radius 1 is 1.40 bits per heavy atom. The van der Waals surface area contributed by atoms with Crippen LogP contribution in [0.5, 0.6) is 0 Å². The molecule has 3 unspecified atom stereocenters. The summed E-state index contributed by atoms with van der Waals surface area (Å²) < 4.78 is 5.35. The van der Waals surface area contributed by atoms with Gasteiger partial charge < -0.3 is 10.5 Å². The second-order valence-electron chi connectivity index (χ2n) is 5.28. The predicted octanol–water partition coefficient (Wildman–Crippen LogP) is 1.08. The average molecular weight is 212 g/mol. The predicted molar refractivity (Wildman–Crippen MR) is 61.7 cm³/mol. The maximum atomic E-state index is 6.05. The molecule has 1 aliphatic heterocycles. The zero-order chi connectivity index (χ0) is 10.8. The van der Waals surface area contributed by atoms with Crippen LogP contribution >= 0.6 is 0 Å². The Kier molecular flexibility index (Phi) is 3.65. The molecule has 2 aliphatic rings. The average Bonchev–Trinajstić information content (AvgIpc) is 3.02. The van der Waals surface area contributed by atoms with E-state index in [4.69, 9.17) is 10.5 Å². The Balaban J connectivity index is 1.90. The van der Waals surface area contributed by atoms with Gasteiger partial charge in [0, 0.05) is 32.3 Å². The van der Waals surface area contributed by atoms with Crippen molar-refractivity contribution in [1.29, 1.82) is 0 Å². The molecule has 2 rings (SSSR count). The molecule has 0 aromatic carbocycles. The van der Waals surface area contributed by atoms with Crippen molar-refractivity contribution in [3.8, 4) is 0 Å². The minimum Gasteiger partial charge on any atom is -0.383 e. The Labute approximate surface area is 93.0 Å². The highest BCUT2D eigenvalue weighted by Gasteiger charge is 2.37. The summed E-state index contributed by atoms with van der Waals surface area (Å²) in [5.41, 5.74) is 6.05. The van der Waals surface area contributed by atoms with E-state index in [-0.39, 0.29) is 0 Å². The van der Waals surface area contributed by atoms with Crippen LogP contribution in [-0.4, -0.2) is 43.8 Å². The van der Waals surface area contributed by atoms with Crippen LogP contribution in [0.1, 0.15) is 26.2 Å². The lowest BCUT2D eigenvalue weighted by molar-refractivity contribution is 0.0457. The summed E-state index contributed by atoms with van der Waals surface area (Å²) in [7, 11) is 1.81. The van der Waals surface area contributed by atoms with Gasteiger partial charge in [-0.2, -0.15) is 0 Å². The first-order valence-electron chi connectivity index (χ1n) is 6.21. The van der Waals surface area contributed by atoms with Gasteiger partial charge in [-0.25, -0.2) is 0 Å². The lowest BCUT2D eigenvalue weighted by atomic mass is 9.93. The van der Waals surface area contributed by atoms with Crippen LogP contribution in [0.25, 0.3) is 0 Å². The smallest absolute Gasteiger partial charge is 0.0620 e. The highest BCUT2D eigenvalue weighted by Crippen LogP contribution is 2.36. The summed E-state index contributed by atoms with van der Waals surface area (Å²) in [6.45, 7) is 5.49. The molecule has 3 heteroatoms. The van der Waals surface area contributed by atoms with Gasteiger partial charge >= 0.3 is 0 Å². The van der Waals surface area contributed by atoms with E-state index in [0.717, 1.165) is 32.0 Å². The van der Waals surface area contributed by atoms with Crippen LogP contribution in [-0.2, 0) is 4.74 Å². The number of nitrogens with zero attached hydrogens (tertiary/aromatic N) is 1. The standard InChI is InChI=1S/C12H24N2O/c1-9-7-14(6-5-11(9)13)12(8-15-2)10-3-4-10/h9-12H,3-8,13H2,1-2H3. The van der Waals surface area contributed by atoms with Gasteiger partial charge in [0.05, 0.1) is 6.61 Å². The summed E-state index contributed by atoms with van der Waals surface area (Å²) in [6.07, 6.45) is 3.93. The number of hydrogen-bond acceptors (Lipinski definition) is 3. The molecule has 2 N–H and O–H groups in total. The fourth-order valence-electron chi connectivity index (χ4n) is 2.69. The second kappa shape index (κ2) is 4.81. The van der Waals surface area contributed by atoms with Crippen molar-refractivity contribution in [3.05, 3.63) is 0 Å². The molecule has 1 aliphatic carbocycles. The lowest BCUT2D eigenvalue weighted by Gasteiger charge is -2.40. The van der Waals surface area contributed by atoms with Gasteiger partial charge in [0.1, 0.15) is 0 Å². The summed E-state index contributed by atoms with van der Waals surface area (Å²) in [5.74, 6) is 1.53. The van der Waals surface area contributed by atoms with E-state index >= 15 is 0 Å². The van der Waals surface area contributed by atoms with Gasteiger partial charge in [-0.05, 0) is 31.1 Å². The third-order valence-corrected chi connectivity index (χ3v) is 3.98. The molecule has 1 saturated heterocycles. The molecule has 88 valence electrons. The molecule has 0 amide bonds. The molecule has 0 aromatic heterocycles. The normalized spacial score (nSPS) is 35.4. The van der Waals surface area contributed by atoms with Crippen molar-refractivity contribution in [3.63, 3.8) is 0 Å². The van der Waals surface area contributed by atoms with Crippen molar-refractivity contribution < 1.29 is 4.74 Å². The molecule has 0 spiro atoms. The first-order valence-corrected chi connectivity index (χ1v) is 6.21. The van der Waals surface area contributed by atoms with Crippen molar-refractivity contribution >= 4 is 0 Å². The minimum atomic E-state index is 0.406. The summed E-state index contributed by atoms with van der Waals surface area (Å²) in [6, 6.07) is 1.06. The summed E-state index contributed by atoms with van der Waals surface area (Å²) >= 11 is 0. The lowest BCUT2D eigenvalue weighted by Crippen LogP contribution is -2.51. The van der Waals surface area contributed by atoms with Crippen LogP contribution in [0, 0.1) is 11.8 Å². The van der Waals surface area contributed by atoms with E-state index in [0.29, 0.717) is 18.0 Å². The molecule has 1 saturated carbocycles. The van der Waals surface area contributed by atoms with Gasteiger partial charge in [-0.3, -0.25) is 4.90 Å². The first-order chi connectivity index (χ1) is 7.22. The molecule has 2 fully saturated rings. The number of ether oxygens (including phenoxy) is 1. The zero-order valence-corrected chi connectivity index (χ0v) is 9.98. The van der Waals surface area contributed by atoms with Crippen LogP contribution in [0.3, 0.4) is 0 Å². The third-order valence-electron chi connectivity index (χ3n) is 3.98. The van der Waals surface area contributed by atoms with Crippen LogP contribution < -0.4 is 5.73 Å². The van der Waals surface area contributed by atoms with Gasteiger partial charge in [-0.1, -0.05) is 6.92 Å². The second-order valence-corrected chi connectivity index (χ2v) is 5.28. The number of methoxy groups -OCH3 is 1. The van der Waals surface area contributed by atoms with Crippen molar-refractivity contribution in [2.75, 3.05) is 26.8 Å². The topological polar surface area (TPSA) is 38.5 Å². The fourth-order valence-corrected chi connectivity index (χ4v) is 2.69. The Bertz CT molecular complexity index is 206. The number of nitrogens with two attached hydrogens (primary N) is 1. The van der Waals surface area contributed by atoms with Crippen molar-refractivity contribution in [1.82, 2.24) is 4.90 Å². The monoisotopic (exact) mass is 212 g/mol. The number of likely N-dealkylation sites (tertiary alicyclic amines) is 1. The van der Waals surface area contributed by atoms with Gasteiger partial charge in [0.25, 0.3) is 0 Å². The minimum absolute atomic E-state index is 0.406. The molecule has 0 radical (unpaired) electrons. The molecular formula is C12H24N2O. The SMILES string of the molecule is COCC(C1CC1)N1CCC(N)C(C)C1. The molecule has 3 atom stereocenters. The molecule has 1 heterocycles. The van der Waals surface area contributed by atoms with Crippen molar-refractivity contribution in [2.24, 2.45) is 17.6 Å². The van der Waals surface area contributed by atoms with Crippen LogP contribution in [0.15, 0.2) is 0 Å². The molecule has 3 nitrogen and oxygen atoms in total. The fraction of sp³-hybridized carbons (Fsp3) is 1.00. The quantitative estimate of drug-likeness (QED) is 0.758. The number of piperidine rings is 1. The van der Waals surface area contributed by atoms with Gasteiger partial charge in [0.15, 0.2) is 0 Å². The maximum absolute atomic E-state index is 6.05. The van der Waals surface area contributed by atoms with E-state index in [1.165, 1.54) is 12.8 Å². The molecule has 15 heavy (non-hydrogen) atoms. The highest BCUT2D eigenvalue weighted by molar-refractivity contribution is 4.92. The van der Waals surface area contributed by atoms with Crippen LogP contribution in [0.4, 0.5) is 0 Å². The maximum Gasteiger partial charge on any atom is 0.0620 e. The Morgan fingerprint density at radius 3 is 2.67 bits per heavy atom. The van der Waals surface area contributed by atoms with E-state index in [9.17, 15) is 0 Å². The summed E-state index contributed by atoms with van der Waals surface area (Å²) in [4.78, 5) is 2.61. The number of rotatable bonds is 4. The molecular weight excluding hydrogens is 188 g/mol.